The Kier molecular flexibility index (Phi) is 6.15. The van der Waals surface area contributed by atoms with Gasteiger partial charge in [-0.25, -0.2) is 4.68 Å². The Labute approximate surface area is 158 Å². The molecule has 1 amide bonds. The molecule has 1 aromatic heterocycles. The summed E-state index contributed by atoms with van der Waals surface area (Å²) < 4.78 is 1.43. The van der Waals surface area contributed by atoms with Gasteiger partial charge >= 0.3 is 0 Å². The van der Waals surface area contributed by atoms with Gasteiger partial charge in [0.15, 0.2) is 0 Å². The summed E-state index contributed by atoms with van der Waals surface area (Å²) in [6, 6.07) is 22.8. The summed E-state index contributed by atoms with van der Waals surface area (Å²) in [5.41, 5.74) is 2.62. The SMILES string of the molecule is CC(NC(=O)CCCn1nc(-c2ccccc2)ccc1=O)c1ccccc1. The van der Waals surface area contributed by atoms with E-state index in [0.29, 0.717) is 19.4 Å². The Morgan fingerprint density at radius 3 is 2.37 bits per heavy atom. The lowest BCUT2D eigenvalue weighted by molar-refractivity contribution is -0.121. The van der Waals surface area contributed by atoms with Crippen LogP contribution in [-0.4, -0.2) is 15.7 Å². The second kappa shape index (κ2) is 8.94. The first-order chi connectivity index (χ1) is 13.1. The standard InChI is InChI=1S/C22H23N3O2/c1-17(18-9-4-2-5-10-18)23-21(26)13-8-16-25-22(27)15-14-20(24-25)19-11-6-3-7-12-19/h2-7,9-12,14-15,17H,8,13,16H2,1H3,(H,23,26). The third-order valence-corrected chi connectivity index (χ3v) is 4.39. The van der Waals surface area contributed by atoms with Crippen LogP contribution in [0.5, 0.6) is 0 Å². The molecule has 0 aliphatic rings. The van der Waals surface area contributed by atoms with Gasteiger partial charge in [0.25, 0.3) is 5.56 Å². The molecular weight excluding hydrogens is 338 g/mol. The average molecular weight is 361 g/mol. The minimum absolute atomic E-state index is 0.0291. The van der Waals surface area contributed by atoms with Gasteiger partial charge in [-0.05, 0) is 25.0 Å². The van der Waals surface area contributed by atoms with Gasteiger partial charge in [-0.3, -0.25) is 9.59 Å². The molecule has 27 heavy (non-hydrogen) atoms. The number of carbonyl (C=O) groups is 1. The number of rotatable bonds is 7. The molecule has 1 heterocycles. The van der Waals surface area contributed by atoms with E-state index in [1.807, 2.05) is 67.6 Å². The zero-order chi connectivity index (χ0) is 19.1. The highest BCUT2D eigenvalue weighted by molar-refractivity contribution is 5.76. The molecule has 1 unspecified atom stereocenters. The van der Waals surface area contributed by atoms with Crippen molar-refractivity contribution in [1.29, 1.82) is 0 Å². The zero-order valence-corrected chi connectivity index (χ0v) is 15.3. The second-order valence-electron chi connectivity index (χ2n) is 6.45. The summed E-state index contributed by atoms with van der Waals surface area (Å²) >= 11 is 0. The van der Waals surface area contributed by atoms with Crippen LogP contribution in [0.3, 0.4) is 0 Å². The van der Waals surface area contributed by atoms with Crippen molar-refractivity contribution in [3.63, 3.8) is 0 Å². The van der Waals surface area contributed by atoms with Crippen molar-refractivity contribution in [2.75, 3.05) is 0 Å². The zero-order valence-electron chi connectivity index (χ0n) is 15.3. The Morgan fingerprint density at radius 2 is 1.67 bits per heavy atom. The van der Waals surface area contributed by atoms with Crippen molar-refractivity contribution in [3.8, 4) is 11.3 Å². The van der Waals surface area contributed by atoms with Crippen LogP contribution in [0, 0.1) is 0 Å². The molecule has 1 N–H and O–H groups in total. The van der Waals surface area contributed by atoms with Gasteiger partial charge in [0, 0.05) is 24.6 Å². The van der Waals surface area contributed by atoms with E-state index >= 15 is 0 Å². The summed E-state index contributed by atoms with van der Waals surface area (Å²) in [4.78, 5) is 24.2. The van der Waals surface area contributed by atoms with Gasteiger partial charge in [-0.15, -0.1) is 0 Å². The van der Waals surface area contributed by atoms with Crippen LogP contribution in [0.1, 0.15) is 31.4 Å². The molecule has 0 saturated carbocycles. The van der Waals surface area contributed by atoms with Crippen molar-refractivity contribution in [3.05, 3.63) is 88.7 Å². The first-order valence-corrected chi connectivity index (χ1v) is 9.11. The topological polar surface area (TPSA) is 64.0 Å². The number of carbonyl (C=O) groups excluding carboxylic acids is 1. The second-order valence-corrected chi connectivity index (χ2v) is 6.45. The maximum Gasteiger partial charge on any atom is 0.266 e. The van der Waals surface area contributed by atoms with Crippen LogP contribution in [-0.2, 0) is 11.3 Å². The molecule has 5 nitrogen and oxygen atoms in total. The molecule has 0 fully saturated rings. The van der Waals surface area contributed by atoms with Crippen molar-refractivity contribution >= 4 is 5.91 Å². The monoisotopic (exact) mass is 361 g/mol. The van der Waals surface area contributed by atoms with Crippen LogP contribution in [0.15, 0.2) is 77.6 Å². The molecule has 0 spiro atoms. The molecule has 1 atom stereocenters. The number of hydrogen-bond acceptors (Lipinski definition) is 3. The lowest BCUT2D eigenvalue weighted by Crippen LogP contribution is -2.27. The molecular formula is C22H23N3O2. The van der Waals surface area contributed by atoms with E-state index in [-0.39, 0.29) is 17.5 Å². The van der Waals surface area contributed by atoms with Gasteiger partial charge in [0.1, 0.15) is 0 Å². The molecule has 3 rings (SSSR count). The van der Waals surface area contributed by atoms with Crippen LogP contribution in [0.2, 0.25) is 0 Å². The maximum absolute atomic E-state index is 12.2. The first-order valence-electron chi connectivity index (χ1n) is 9.11. The number of nitrogens with one attached hydrogen (secondary N) is 1. The Balaban J connectivity index is 1.56. The minimum atomic E-state index is -0.159. The minimum Gasteiger partial charge on any atom is -0.350 e. The molecule has 0 aliphatic heterocycles. The quantitative estimate of drug-likeness (QED) is 0.700. The number of benzene rings is 2. The molecule has 0 bridgehead atoms. The Morgan fingerprint density at radius 1 is 1.00 bits per heavy atom. The number of nitrogens with zero attached hydrogens (tertiary/aromatic N) is 2. The lowest BCUT2D eigenvalue weighted by atomic mass is 10.1. The van der Waals surface area contributed by atoms with Gasteiger partial charge in [0.05, 0.1) is 11.7 Å². The van der Waals surface area contributed by atoms with E-state index in [9.17, 15) is 9.59 Å². The van der Waals surface area contributed by atoms with Gasteiger partial charge < -0.3 is 5.32 Å². The first kappa shape index (κ1) is 18.6. The van der Waals surface area contributed by atoms with Crippen molar-refractivity contribution < 1.29 is 4.79 Å². The Hall–Kier alpha value is -3.21. The number of aromatic nitrogens is 2. The largest absolute Gasteiger partial charge is 0.350 e. The van der Waals surface area contributed by atoms with Crippen molar-refractivity contribution in [1.82, 2.24) is 15.1 Å². The van der Waals surface area contributed by atoms with Gasteiger partial charge in [-0.2, -0.15) is 5.10 Å². The van der Waals surface area contributed by atoms with E-state index in [0.717, 1.165) is 16.8 Å². The summed E-state index contributed by atoms with van der Waals surface area (Å²) in [5.74, 6) is -0.0291. The molecule has 138 valence electrons. The normalized spacial score (nSPS) is 11.7. The van der Waals surface area contributed by atoms with Crippen LogP contribution >= 0.6 is 0 Å². The van der Waals surface area contributed by atoms with Gasteiger partial charge in [0.2, 0.25) is 5.91 Å². The molecule has 2 aromatic carbocycles. The summed E-state index contributed by atoms with van der Waals surface area (Å²) in [5, 5.41) is 7.41. The third-order valence-electron chi connectivity index (χ3n) is 4.39. The molecule has 0 aliphatic carbocycles. The predicted octanol–water partition coefficient (Wildman–Crippen LogP) is 3.57. The Bertz CT molecular complexity index is 937. The smallest absolute Gasteiger partial charge is 0.266 e. The van der Waals surface area contributed by atoms with E-state index in [1.54, 1.807) is 6.07 Å². The van der Waals surface area contributed by atoms with Crippen molar-refractivity contribution in [2.24, 2.45) is 0 Å². The van der Waals surface area contributed by atoms with Crippen LogP contribution in [0.25, 0.3) is 11.3 Å². The summed E-state index contributed by atoms with van der Waals surface area (Å²) in [7, 11) is 0. The number of aryl methyl sites for hydroxylation is 1. The van der Waals surface area contributed by atoms with Crippen LogP contribution < -0.4 is 10.9 Å². The maximum atomic E-state index is 12.2. The highest BCUT2D eigenvalue weighted by Gasteiger charge is 2.09. The van der Waals surface area contributed by atoms with Crippen molar-refractivity contribution in [2.45, 2.75) is 32.4 Å². The number of hydrogen-bond donors (Lipinski definition) is 1. The van der Waals surface area contributed by atoms with E-state index in [4.69, 9.17) is 0 Å². The summed E-state index contributed by atoms with van der Waals surface area (Å²) in [6.45, 7) is 2.37. The fraction of sp³-hybridized carbons (Fsp3) is 0.227. The average Bonchev–Trinajstić information content (AvgIpc) is 2.70. The molecule has 0 radical (unpaired) electrons. The fourth-order valence-electron chi connectivity index (χ4n) is 2.90. The van der Waals surface area contributed by atoms with Crippen LogP contribution in [0.4, 0.5) is 0 Å². The number of amides is 1. The predicted molar refractivity (Wildman–Crippen MR) is 106 cm³/mol. The summed E-state index contributed by atoms with van der Waals surface area (Å²) in [6.07, 6.45) is 0.902. The van der Waals surface area contributed by atoms with E-state index in [1.165, 1.54) is 10.7 Å². The molecule has 5 heteroatoms. The van der Waals surface area contributed by atoms with E-state index in [2.05, 4.69) is 10.4 Å². The lowest BCUT2D eigenvalue weighted by Gasteiger charge is -2.14. The fourth-order valence-corrected chi connectivity index (χ4v) is 2.90. The molecule has 0 saturated heterocycles. The van der Waals surface area contributed by atoms with E-state index < -0.39 is 0 Å². The highest BCUT2D eigenvalue weighted by atomic mass is 16.1. The third kappa shape index (κ3) is 5.14. The van der Waals surface area contributed by atoms with Gasteiger partial charge in [-0.1, -0.05) is 60.7 Å². The molecule has 3 aromatic rings. The highest BCUT2D eigenvalue weighted by Crippen LogP contribution is 2.14.